The number of anilines is 1. The number of nitrogens with zero attached hydrogens (tertiary/aromatic N) is 3. The number of aryl methyl sites for hydroxylation is 3. The van der Waals surface area contributed by atoms with E-state index in [4.69, 9.17) is 14.8 Å². The van der Waals surface area contributed by atoms with E-state index in [0.29, 0.717) is 17.9 Å². The second-order valence-corrected chi connectivity index (χ2v) is 11.2. The molecule has 0 bridgehead atoms. The normalized spacial score (nSPS) is 11.8. The third-order valence-electron chi connectivity index (χ3n) is 7.07. The molecule has 0 saturated heterocycles. The van der Waals surface area contributed by atoms with Gasteiger partial charge in [-0.15, -0.1) is 4.33 Å². The first kappa shape index (κ1) is 30.4. The van der Waals surface area contributed by atoms with Gasteiger partial charge in [0, 0.05) is 90.6 Å². The number of carboxylic acid groups (broad SMARTS) is 1. The largest absolute Gasteiger partial charge is 0.711 e. The van der Waals surface area contributed by atoms with Crippen LogP contribution in [0.3, 0.4) is 0 Å². The Morgan fingerprint density at radius 1 is 1.05 bits per heavy atom. The minimum atomic E-state index is -0.756. The van der Waals surface area contributed by atoms with Gasteiger partial charge in [-0.05, 0) is 55.9 Å². The quantitative estimate of drug-likeness (QED) is 0.0536. The van der Waals surface area contributed by atoms with Crippen molar-refractivity contribution >= 4 is 68.6 Å². The fourth-order valence-corrected chi connectivity index (χ4v) is 5.85. The van der Waals surface area contributed by atoms with Crippen molar-refractivity contribution in [2.45, 2.75) is 52.0 Å². The fraction of sp³-hybridized carbons (Fsp3) is 0.481. The van der Waals surface area contributed by atoms with Crippen LogP contribution < -0.4 is 14.7 Å². The van der Waals surface area contributed by atoms with Gasteiger partial charge >= 0.3 is 11.9 Å². The SMILES string of the molecule is Cc1oc2cc3c(cc2[n+]1CCCCCC(=O)O)c1cc(N(CCCSO[O-])CCCSOOO)ccc1n3C. The standard InChI is InChI=1S/C27H35N3O8S2/c1-19-30(13-5-3-4-8-27(31)32)25-17-22-21-16-20(9-10-23(21)28(2)24(22)18-26(25)35-19)29(11-6-14-39-37-34)12-7-15-40-38-36-33/h9-10,16-18H,3-8,11-15H2,1-2H3,(H2-,31,32,33,34). The molecule has 4 aromatic rings. The van der Waals surface area contributed by atoms with Gasteiger partial charge in [0.1, 0.15) is 0 Å². The van der Waals surface area contributed by atoms with E-state index in [1.54, 1.807) is 0 Å². The molecule has 218 valence electrons. The summed E-state index contributed by atoms with van der Waals surface area (Å²) < 4.78 is 18.9. The first-order chi connectivity index (χ1) is 19.4. The molecule has 0 aliphatic carbocycles. The van der Waals surface area contributed by atoms with Crippen molar-refractivity contribution in [3.63, 3.8) is 0 Å². The number of aliphatic carboxylic acids is 1. The number of rotatable bonds is 18. The van der Waals surface area contributed by atoms with E-state index in [2.05, 4.69) is 65.1 Å². The number of unbranched alkanes of at least 4 members (excludes halogenated alkanes) is 2. The average molecular weight is 594 g/mol. The van der Waals surface area contributed by atoms with Crippen LogP contribution in [0.5, 0.6) is 0 Å². The van der Waals surface area contributed by atoms with E-state index < -0.39 is 5.97 Å². The van der Waals surface area contributed by atoms with Crippen molar-refractivity contribution in [3.05, 3.63) is 36.2 Å². The lowest BCUT2D eigenvalue weighted by atomic mass is 10.1. The van der Waals surface area contributed by atoms with E-state index in [0.717, 1.165) is 114 Å². The fourth-order valence-electron chi connectivity index (χ4n) is 5.18. The second-order valence-electron chi connectivity index (χ2n) is 9.62. The molecule has 0 spiro atoms. The molecule has 0 aliphatic rings. The summed E-state index contributed by atoms with van der Waals surface area (Å²) in [6, 6.07) is 10.7. The van der Waals surface area contributed by atoms with Crippen LogP contribution in [0.4, 0.5) is 5.69 Å². The third-order valence-corrected chi connectivity index (χ3v) is 8.24. The van der Waals surface area contributed by atoms with Crippen molar-refractivity contribution in [2.24, 2.45) is 7.05 Å². The summed E-state index contributed by atoms with van der Waals surface area (Å²) in [5.41, 5.74) is 5.12. The zero-order valence-electron chi connectivity index (χ0n) is 22.7. The van der Waals surface area contributed by atoms with Gasteiger partial charge in [-0.1, -0.05) is 5.04 Å². The molecule has 0 radical (unpaired) electrons. The van der Waals surface area contributed by atoms with Gasteiger partial charge in [0.15, 0.2) is 6.54 Å². The lowest BCUT2D eigenvalue weighted by molar-refractivity contribution is -0.683. The molecule has 0 saturated carbocycles. The predicted octanol–water partition coefficient (Wildman–Crippen LogP) is 4.91. The summed E-state index contributed by atoms with van der Waals surface area (Å²) in [6.07, 6.45) is 4.17. The Morgan fingerprint density at radius 2 is 1.80 bits per heavy atom. The minimum absolute atomic E-state index is 0.195. The Balaban J connectivity index is 1.63. The molecule has 0 atom stereocenters. The number of aromatic nitrogens is 2. The highest BCUT2D eigenvalue weighted by molar-refractivity contribution is 7.94. The van der Waals surface area contributed by atoms with Gasteiger partial charge in [0.25, 0.3) is 5.52 Å². The first-order valence-corrected chi connectivity index (χ1v) is 15.1. The molecule has 0 amide bonds. The van der Waals surface area contributed by atoms with E-state index in [1.165, 1.54) is 0 Å². The molecule has 11 nitrogen and oxygen atoms in total. The molecule has 2 heterocycles. The van der Waals surface area contributed by atoms with E-state index >= 15 is 0 Å². The van der Waals surface area contributed by atoms with E-state index in [1.807, 2.05) is 6.92 Å². The van der Waals surface area contributed by atoms with E-state index in [9.17, 15) is 10.1 Å². The number of hydrogen-bond donors (Lipinski definition) is 2. The number of hydrogen-bond acceptors (Lipinski definition) is 10. The lowest BCUT2D eigenvalue weighted by Crippen LogP contribution is -2.35. The molecule has 4 rings (SSSR count). The smallest absolute Gasteiger partial charge is 0.344 e. The van der Waals surface area contributed by atoms with Crippen LogP contribution >= 0.6 is 24.1 Å². The Morgan fingerprint density at radius 3 is 2.52 bits per heavy atom. The number of carboxylic acids is 1. The average Bonchev–Trinajstić information content (AvgIpc) is 3.40. The highest BCUT2D eigenvalue weighted by Crippen LogP contribution is 2.34. The molecule has 40 heavy (non-hydrogen) atoms. The predicted molar refractivity (Wildman–Crippen MR) is 153 cm³/mol. The van der Waals surface area contributed by atoms with Gasteiger partial charge in [0.2, 0.25) is 5.58 Å². The van der Waals surface area contributed by atoms with Crippen LogP contribution in [-0.4, -0.2) is 45.5 Å². The van der Waals surface area contributed by atoms with Crippen LogP contribution in [0, 0.1) is 6.92 Å². The number of carbonyl (C=O) groups is 1. The van der Waals surface area contributed by atoms with Crippen molar-refractivity contribution in [3.8, 4) is 0 Å². The number of benzene rings is 2. The Hall–Kier alpha value is -2.52. The highest BCUT2D eigenvalue weighted by Gasteiger charge is 2.22. The maximum absolute atomic E-state index is 10.8. The summed E-state index contributed by atoms with van der Waals surface area (Å²) in [5.74, 6) is 1.31. The number of oxazole rings is 1. The van der Waals surface area contributed by atoms with Gasteiger partial charge in [-0.25, -0.2) is 5.26 Å². The summed E-state index contributed by atoms with van der Waals surface area (Å²) >= 11 is 1.95. The Labute approximate surface area is 240 Å². The first-order valence-electron chi connectivity index (χ1n) is 13.3. The van der Waals surface area contributed by atoms with E-state index in [-0.39, 0.29) is 6.42 Å². The van der Waals surface area contributed by atoms with Crippen molar-refractivity contribution in [1.29, 1.82) is 0 Å². The molecular formula is C27H35N3O8S2. The summed E-state index contributed by atoms with van der Waals surface area (Å²) in [7, 11) is 2.06. The van der Waals surface area contributed by atoms with Gasteiger partial charge in [0.05, 0.1) is 12.4 Å². The molecule has 2 aromatic carbocycles. The zero-order valence-corrected chi connectivity index (χ0v) is 24.3. The third kappa shape index (κ3) is 7.40. The topological polar surface area (TPSA) is 133 Å². The highest BCUT2D eigenvalue weighted by atomic mass is 32.2. The zero-order chi connectivity index (χ0) is 28.5. The summed E-state index contributed by atoms with van der Waals surface area (Å²) in [6.45, 7) is 4.24. The Bertz CT molecular complexity index is 1420. The molecule has 13 heteroatoms. The molecule has 0 unspecified atom stereocenters. The maximum atomic E-state index is 10.8. The number of fused-ring (bicyclic) bond motifs is 4. The maximum Gasteiger partial charge on any atom is 0.344 e. The van der Waals surface area contributed by atoms with Gasteiger partial charge in [-0.3, -0.25) is 4.79 Å². The van der Waals surface area contributed by atoms with Gasteiger partial charge < -0.3 is 28.6 Å². The van der Waals surface area contributed by atoms with Crippen LogP contribution in [0.1, 0.15) is 44.4 Å². The summed E-state index contributed by atoms with van der Waals surface area (Å²) in [5, 5.41) is 33.6. The van der Waals surface area contributed by atoms with Crippen LogP contribution in [0.2, 0.25) is 0 Å². The Kier molecular flexibility index (Phi) is 11.4. The molecular weight excluding hydrogens is 558 g/mol. The van der Waals surface area contributed by atoms with Crippen LogP contribution in [0.25, 0.3) is 32.9 Å². The lowest BCUT2D eigenvalue weighted by Gasteiger charge is -2.25. The molecule has 0 aliphatic heterocycles. The van der Waals surface area contributed by atoms with Crippen molar-refractivity contribution in [2.75, 3.05) is 29.5 Å². The van der Waals surface area contributed by atoms with Crippen LogP contribution in [-0.2, 0) is 32.1 Å². The second kappa shape index (κ2) is 14.9. The van der Waals surface area contributed by atoms with Crippen molar-refractivity contribution < 1.29 is 43.1 Å². The monoisotopic (exact) mass is 593 g/mol. The molecule has 2 N–H and O–H groups in total. The summed E-state index contributed by atoms with van der Waals surface area (Å²) in [4.78, 5) is 13.1. The molecule has 2 aromatic heterocycles. The molecule has 0 fully saturated rings. The van der Waals surface area contributed by atoms with Crippen molar-refractivity contribution in [1.82, 2.24) is 4.57 Å². The van der Waals surface area contributed by atoms with Crippen LogP contribution in [0.15, 0.2) is 34.7 Å². The minimum Gasteiger partial charge on any atom is -0.711 e. The van der Waals surface area contributed by atoms with Gasteiger partial charge in [-0.2, -0.15) is 4.57 Å².